The van der Waals surface area contributed by atoms with Crippen molar-refractivity contribution in [3.05, 3.63) is 35.0 Å². The average molecular weight is 344 g/mol. The monoisotopic (exact) mass is 343 g/mol. The molecule has 3 rings (SSSR count). The molecule has 9 heteroatoms. The smallest absolute Gasteiger partial charge is 0.339 e. The molecule has 1 aliphatic rings. The van der Waals surface area contributed by atoms with Crippen LogP contribution in [0.25, 0.3) is 0 Å². The van der Waals surface area contributed by atoms with Crippen LogP contribution < -0.4 is 10.2 Å². The molecule has 1 aliphatic heterocycles. The number of halogens is 4. The first-order chi connectivity index (χ1) is 10.9. The largest absolute Gasteiger partial charge is 0.417 e. The van der Waals surface area contributed by atoms with Gasteiger partial charge in [0.1, 0.15) is 0 Å². The molecule has 0 saturated carbocycles. The Morgan fingerprint density at radius 2 is 1.91 bits per heavy atom. The van der Waals surface area contributed by atoms with E-state index in [9.17, 15) is 13.2 Å². The first-order valence-corrected chi connectivity index (χ1v) is 7.40. The lowest BCUT2D eigenvalue weighted by Crippen LogP contribution is -2.21. The van der Waals surface area contributed by atoms with Crippen molar-refractivity contribution in [1.82, 2.24) is 15.2 Å². The predicted molar refractivity (Wildman–Crippen MR) is 81.0 cm³/mol. The summed E-state index contributed by atoms with van der Waals surface area (Å²) in [5.41, 5.74) is -0.666. The van der Waals surface area contributed by atoms with Gasteiger partial charge in [-0.3, -0.25) is 0 Å². The van der Waals surface area contributed by atoms with Crippen LogP contribution in [0.2, 0.25) is 5.02 Å². The van der Waals surface area contributed by atoms with Crippen molar-refractivity contribution in [2.24, 2.45) is 0 Å². The van der Waals surface area contributed by atoms with Crippen molar-refractivity contribution in [2.75, 3.05) is 23.3 Å². The minimum atomic E-state index is -4.51. The lowest BCUT2D eigenvalue weighted by atomic mass is 10.2. The molecule has 23 heavy (non-hydrogen) atoms. The van der Waals surface area contributed by atoms with E-state index in [1.165, 1.54) is 18.3 Å². The number of nitrogens with one attached hydrogen (secondary N) is 1. The van der Waals surface area contributed by atoms with Crippen molar-refractivity contribution in [3.8, 4) is 0 Å². The van der Waals surface area contributed by atoms with E-state index in [4.69, 9.17) is 11.6 Å². The minimum absolute atomic E-state index is 0.231. The molecule has 0 spiro atoms. The Kier molecular flexibility index (Phi) is 4.25. The highest BCUT2D eigenvalue weighted by Gasteiger charge is 2.33. The summed E-state index contributed by atoms with van der Waals surface area (Å²) in [4.78, 5) is 6.28. The summed E-state index contributed by atoms with van der Waals surface area (Å²) in [6.07, 6.45) is -1.03. The van der Waals surface area contributed by atoms with Gasteiger partial charge in [0.2, 0.25) is 5.95 Å². The Balaban J connectivity index is 1.83. The molecule has 2 aromatic rings. The van der Waals surface area contributed by atoms with Crippen LogP contribution in [0, 0.1) is 0 Å². The summed E-state index contributed by atoms with van der Waals surface area (Å²) in [6.45, 7) is 1.70. The first kappa shape index (κ1) is 15.8. The van der Waals surface area contributed by atoms with Crippen LogP contribution in [-0.4, -0.2) is 28.3 Å². The van der Waals surface area contributed by atoms with Crippen LogP contribution in [0.3, 0.4) is 0 Å². The van der Waals surface area contributed by atoms with E-state index < -0.39 is 11.7 Å². The summed E-state index contributed by atoms with van der Waals surface area (Å²) in [6, 6.07) is 3.60. The molecule has 0 atom stereocenters. The van der Waals surface area contributed by atoms with Gasteiger partial charge in [-0.25, -0.2) is 0 Å². The summed E-state index contributed by atoms with van der Waals surface area (Å²) in [5, 5.41) is 10.3. The first-order valence-electron chi connectivity index (χ1n) is 7.02. The molecule has 1 saturated heterocycles. The van der Waals surface area contributed by atoms with Crippen molar-refractivity contribution >= 4 is 29.1 Å². The van der Waals surface area contributed by atoms with E-state index in [-0.39, 0.29) is 10.7 Å². The Bertz CT molecular complexity index is 701. The molecule has 1 aromatic carbocycles. The van der Waals surface area contributed by atoms with Gasteiger partial charge in [-0.15, -0.1) is 5.10 Å². The Morgan fingerprint density at radius 3 is 2.61 bits per heavy atom. The summed E-state index contributed by atoms with van der Waals surface area (Å²) in [5.74, 6) is 0.801. The second kappa shape index (κ2) is 6.19. The fraction of sp³-hybridized carbons (Fsp3) is 0.357. The van der Waals surface area contributed by atoms with Gasteiger partial charge in [0.05, 0.1) is 16.8 Å². The fourth-order valence-electron chi connectivity index (χ4n) is 2.37. The number of aromatic nitrogens is 3. The molecule has 0 unspecified atom stereocenters. The van der Waals surface area contributed by atoms with Gasteiger partial charge in [0.15, 0.2) is 5.82 Å². The molecule has 0 amide bonds. The summed E-state index contributed by atoms with van der Waals surface area (Å²) in [7, 11) is 0. The zero-order chi connectivity index (χ0) is 16.4. The van der Waals surface area contributed by atoms with E-state index >= 15 is 0 Å². The summed E-state index contributed by atoms with van der Waals surface area (Å²) < 4.78 is 38.6. The van der Waals surface area contributed by atoms with E-state index in [2.05, 4.69) is 20.5 Å². The Morgan fingerprint density at radius 1 is 1.17 bits per heavy atom. The Hall–Kier alpha value is -2.09. The van der Waals surface area contributed by atoms with Crippen molar-refractivity contribution in [2.45, 2.75) is 19.0 Å². The third kappa shape index (κ3) is 3.64. The van der Waals surface area contributed by atoms with Crippen LogP contribution in [0.15, 0.2) is 24.4 Å². The molecule has 0 bridgehead atoms. The van der Waals surface area contributed by atoms with Gasteiger partial charge in [0, 0.05) is 18.8 Å². The zero-order valence-corrected chi connectivity index (χ0v) is 12.7. The number of rotatable bonds is 3. The number of benzene rings is 1. The number of hydrogen-bond acceptors (Lipinski definition) is 5. The standard InChI is InChI=1S/C14H13ClF3N5/c15-11-4-3-9(7-10(11)14(16,17)18)20-12-8-19-22-13(21-12)23-5-1-2-6-23/h3-4,7-8H,1-2,5-6H2,(H,20,21,22). The lowest BCUT2D eigenvalue weighted by Gasteiger charge is -2.15. The van der Waals surface area contributed by atoms with Crippen LogP contribution in [0.1, 0.15) is 18.4 Å². The van der Waals surface area contributed by atoms with Gasteiger partial charge >= 0.3 is 6.18 Å². The number of nitrogens with zero attached hydrogens (tertiary/aromatic N) is 4. The molecular weight excluding hydrogens is 331 g/mol. The van der Waals surface area contributed by atoms with E-state index in [1.54, 1.807) is 0 Å². The number of hydrogen-bond donors (Lipinski definition) is 1. The number of anilines is 3. The van der Waals surface area contributed by atoms with Gasteiger partial charge in [0.25, 0.3) is 0 Å². The fourth-order valence-corrected chi connectivity index (χ4v) is 2.60. The molecule has 1 fully saturated rings. The molecule has 5 nitrogen and oxygen atoms in total. The molecule has 1 N–H and O–H groups in total. The third-order valence-electron chi connectivity index (χ3n) is 3.48. The van der Waals surface area contributed by atoms with Crippen molar-refractivity contribution in [3.63, 3.8) is 0 Å². The minimum Gasteiger partial charge on any atom is -0.339 e. The zero-order valence-electron chi connectivity index (χ0n) is 11.9. The van der Waals surface area contributed by atoms with Crippen LogP contribution >= 0.6 is 11.6 Å². The third-order valence-corrected chi connectivity index (χ3v) is 3.81. The van der Waals surface area contributed by atoms with Crippen LogP contribution in [0.5, 0.6) is 0 Å². The maximum atomic E-state index is 12.9. The maximum Gasteiger partial charge on any atom is 0.417 e. The second-order valence-electron chi connectivity index (χ2n) is 5.15. The quantitative estimate of drug-likeness (QED) is 0.916. The maximum absolute atomic E-state index is 12.9. The topological polar surface area (TPSA) is 53.9 Å². The highest BCUT2D eigenvalue weighted by Crippen LogP contribution is 2.36. The van der Waals surface area contributed by atoms with Crippen molar-refractivity contribution < 1.29 is 13.2 Å². The molecule has 0 aliphatic carbocycles. The molecule has 122 valence electrons. The average Bonchev–Trinajstić information content (AvgIpc) is 3.03. The van der Waals surface area contributed by atoms with Gasteiger partial charge in [-0.1, -0.05) is 11.6 Å². The van der Waals surface area contributed by atoms with Crippen LogP contribution in [0.4, 0.5) is 30.6 Å². The predicted octanol–water partition coefficient (Wildman–Crippen LogP) is 3.89. The van der Waals surface area contributed by atoms with Gasteiger partial charge in [-0.2, -0.15) is 23.3 Å². The highest BCUT2D eigenvalue weighted by molar-refractivity contribution is 6.31. The lowest BCUT2D eigenvalue weighted by molar-refractivity contribution is -0.137. The molecule has 0 radical (unpaired) electrons. The SMILES string of the molecule is FC(F)(F)c1cc(Nc2cnnc(N3CCCC3)n2)ccc1Cl. The van der Waals surface area contributed by atoms with E-state index in [0.29, 0.717) is 11.8 Å². The van der Waals surface area contributed by atoms with E-state index in [1.807, 2.05) is 4.90 Å². The second-order valence-corrected chi connectivity index (χ2v) is 5.56. The van der Waals surface area contributed by atoms with Crippen LogP contribution in [-0.2, 0) is 6.18 Å². The molecular formula is C14H13ClF3N5. The van der Waals surface area contributed by atoms with Gasteiger partial charge in [-0.05, 0) is 31.0 Å². The van der Waals surface area contributed by atoms with Gasteiger partial charge < -0.3 is 10.2 Å². The molecule has 1 aromatic heterocycles. The summed E-state index contributed by atoms with van der Waals surface area (Å²) >= 11 is 5.60. The normalized spacial score (nSPS) is 15.0. The Labute approximate surface area is 135 Å². The molecule has 2 heterocycles. The highest BCUT2D eigenvalue weighted by atomic mass is 35.5. The van der Waals surface area contributed by atoms with E-state index in [0.717, 1.165) is 32.0 Å². The number of alkyl halides is 3. The van der Waals surface area contributed by atoms with Crippen molar-refractivity contribution in [1.29, 1.82) is 0 Å².